The van der Waals surface area contributed by atoms with Crippen molar-refractivity contribution in [3.05, 3.63) is 78.3 Å². The molecule has 0 aliphatic carbocycles. The van der Waals surface area contributed by atoms with Crippen LogP contribution in [0.5, 0.6) is 5.75 Å². The van der Waals surface area contributed by atoms with E-state index in [4.69, 9.17) is 9.15 Å². The number of aryl methyl sites for hydroxylation is 1. The molecule has 1 heterocycles. The number of furan rings is 1. The summed E-state index contributed by atoms with van der Waals surface area (Å²) in [5.41, 5.74) is 1.41. The van der Waals surface area contributed by atoms with Gasteiger partial charge in [0.2, 0.25) is 0 Å². The highest BCUT2D eigenvalue weighted by Crippen LogP contribution is 2.26. The third-order valence-electron chi connectivity index (χ3n) is 4.61. The Morgan fingerprint density at radius 3 is 2.40 bits per heavy atom. The minimum Gasteiger partial charge on any atom is -0.497 e. The van der Waals surface area contributed by atoms with Gasteiger partial charge in [-0.25, -0.2) is 8.42 Å². The number of anilines is 1. The van der Waals surface area contributed by atoms with Crippen molar-refractivity contribution in [1.29, 1.82) is 0 Å². The molecule has 3 rings (SSSR count). The molecular weight excluding hydrogens is 404 g/mol. The summed E-state index contributed by atoms with van der Waals surface area (Å²) in [4.78, 5) is 0.166. The van der Waals surface area contributed by atoms with Crippen LogP contribution in [0.1, 0.15) is 11.3 Å². The van der Waals surface area contributed by atoms with E-state index in [1.54, 1.807) is 68.0 Å². The highest BCUT2D eigenvalue weighted by molar-refractivity contribution is 7.92. The number of methoxy groups -OCH3 is 1. The number of aliphatic hydroxyl groups excluding tert-OH is 1. The molecule has 3 aromatic rings. The Balaban J connectivity index is 1.80. The number of hydrogen-bond donors (Lipinski definition) is 2. The third kappa shape index (κ3) is 5.41. The molecule has 0 amide bonds. The van der Waals surface area contributed by atoms with Crippen LogP contribution in [0.3, 0.4) is 0 Å². The van der Waals surface area contributed by atoms with Gasteiger partial charge in [0.15, 0.2) is 0 Å². The minimum absolute atomic E-state index is 0.103. The van der Waals surface area contributed by atoms with E-state index in [0.29, 0.717) is 18.0 Å². The molecule has 1 atom stereocenters. The summed E-state index contributed by atoms with van der Waals surface area (Å²) in [6.07, 6.45) is 0.648. The highest BCUT2D eigenvalue weighted by Gasteiger charge is 2.27. The van der Waals surface area contributed by atoms with E-state index in [9.17, 15) is 13.5 Å². The quantitative estimate of drug-likeness (QED) is 0.514. The summed E-state index contributed by atoms with van der Waals surface area (Å²) in [7, 11) is -2.32. The molecule has 1 unspecified atom stereocenters. The molecule has 30 heavy (non-hydrogen) atoms. The van der Waals surface area contributed by atoms with Crippen molar-refractivity contribution in [1.82, 2.24) is 5.32 Å². The lowest BCUT2D eigenvalue weighted by atomic mass is 10.2. The van der Waals surface area contributed by atoms with Gasteiger partial charge in [-0.2, -0.15) is 0 Å². The number of hydrogen-bond acceptors (Lipinski definition) is 6. The van der Waals surface area contributed by atoms with Crippen LogP contribution in [0.25, 0.3) is 0 Å². The SMILES string of the molecule is COc1ccc(N(CC(O)CNCc2ccco2)S(=O)(=O)c2ccc(C)cc2)cc1. The fourth-order valence-electron chi connectivity index (χ4n) is 2.96. The van der Waals surface area contributed by atoms with Gasteiger partial charge in [0.25, 0.3) is 10.0 Å². The van der Waals surface area contributed by atoms with Crippen molar-refractivity contribution in [2.75, 3.05) is 24.5 Å². The Bertz CT molecular complexity index is 1020. The maximum Gasteiger partial charge on any atom is 0.264 e. The van der Waals surface area contributed by atoms with Crippen molar-refractivity contribution in [2.24, 2.45) is 0 Å². The highest BCUT2D eigenvalue weighted by atomic mass is 32.2. The molecule has 0 aliphatic rings. The molecular formula is C22H26N2O5S. The van der Waals surface area contributed by atoms with Gasteiger partial charge in [0.1, 0.15) is 11.5 Å². The molecule has 0 spiro atoms. The van der Waals surface area contributed by atoms with Crippen LogP contribution < -0.4 is 14.4 Å². The monoisotopic (exact) mass is 430 g/mol. The first-order chi connectivity index (χ1) is 14.4. The zero-order valence-corrected chi connectivity index (χ0v) is 17.8. The van der Waals surface area contributed by atoms with Crippen LogP contribution in [0, 0.1) is 6.92 Å². The molecule has 7 nitrogen and oxygen atoms in total. The number of aliphatic hydroxyl groups is 1. The molecule has 1 aromatic heterocycles. The van der Waals surface area contributed by atoms with Gasteiger partial charge in [-0.15, -0.1) is 0 Å². The molecule has 0 bridgehead atoms. The molecule has 0 saturated heterocycles. The average molecular weight is 431 g/mol. The second-order valence-corrected chi connectivity index (χ2v) is 8.77. The first kappa shape index (κ1) is 21.9. The Morgan fingerprint density at radius 1 is 1.10 bits per heavy atom. The van der Waals surface area contributed by atoms with Gasteiger partial charge >= 0.3 is 0 Å². The Kier molecular flexibility index (Phi) is 7.15. The van der Waals surface area contributed by atoms with Gasteiger partial charge in [-0.3, -0.25) is 4.31 Å². The first-order valence-electron chi connectivity index (χ1n) is 9.55. The van der Waals surface area contributed by atoms with Gasteiger partial charge in [0, 0.05) is 6.54 Å². The van der Waals surface area contributed by atoms with E-state index in [1.165, 1.54) is 4.31 Å². The zero-order chi connectivity index (χ0) is 21.6. The summed E-state index contributed by atoms with van der Waals surface area (Å²) in [6.45, 7) is 2.44. The van der Waals surface area contributed by atoms with Gasteiger partial charge in [-0.1, -0.05) is 17.7 Å². The summed E-state index contributed by atoms with van der Waals surface area (Å²) in [5, 5.41) is 13.6. The number of benzene rings is 2. The average Bonchev–Trinajstić information content (AvgIpc) is 3.26. The van der Waals surface area contributed by atoms with E-state index in [1.807, 2.05) is 13.0 Å². The number of sulfonamides is 1. The lowest BCUT2D eigenvalue weighted by Gasteiger charge is -2.27. The molecule has 8 heteroatoms. The summed E-state index contributed by atoms with van der Waals surface area (Å²) < 4.78 is 38.3. The lowest BCUT2D eigenvalue weighted by Crippen LogP contribution is -2.41. The van der Waals surface area contributed by atoms with E-state index in [0.717, 1.165) is 11.3 Å². The van der Waals surface area contributed by atoms with Crippen LogP contribution in [0.15, 0.2) is 76.2 Å². The zero-order valence-electron chi connectivity index (χ0n) is 17.0. The predicted octanol–water partition coefficient (Wildman–Crippen LogP) is 2.94. The Labute approximate surface area is 177 Å². The van der Waals surface area contributed by atoms with E-state index in [-0.39, 0.29) is 18.0 Å². The number of ether oxygens (including phenoxy) is 1. The second kappa shape index (κ2) is 9.80. The molecule has 0 aliphatic heterocycles. The lowest BCUT2D eigenvalue weighted by molar-refractivity contribution is 0.179. The molecule has 160 valence electrons. The minimum atomic E-state index is -3.87. The predicted molar refractivity (Wildman–Crippen MR) is 115 cm³/mol. The van der Waals surface area contributed by atoms with Crippen molar-refractivity contribution < 1.29 is 22.7 Å². The maximum atomic E-state index is 13.3. The smallest absolute Gasteiger partial charge is 0.264 e. The Morgan fingerprint density at radius 2 is 1.80 bits per heavy atom. The fraction of sp³-hybridized carbons (Fsp3) is 0.273. The molecule has 0 radical (unpaired) electrons. The maximum absolute atomic E-state index is 13.3. The second-order valence-electron chi connectivity index (χ2n) is 6.91. The standard InChI is InChI=1S/C22H26N2O5S/c1-17-5-11-22(12-6-17)30(26,27)24(18-7-9-20(28-2)10-8-18)16-19(25)14-23-15-21-4-3-13-29-21/h3-13,19,23,25H,14-16H2,1-2H3. The van der Waals surface area contributed by atoms with Crippen LogP contribution >= 0.6 is 0 Å². The summed E-state index contributed by atoms with van der Waals surface area (Å²) in [5.74, 6) is 1.36. The van der Waals surface area contributed by atoms with Crippen LogP contribution in [-0.4, -0.2) is 39.8 Å². The van der Waals surface area contributed by atoms with E-state index >= 15 is 0 Å². The van der Waals surface area contributed by atoms with E-state index in [2.05, 4.69) is 5.32 Å². The van der Waals surface area contributed by atoms with Gasteiger partial charge < -0.3 is 19.6 Å². The van der Waals surface area contributed by atoms with E-state index < -0.39 is 16.1 Å². The molecule has 2 aromatic carbocycles. The third-order valence-corrected chi connectivity index (χ3v) is 6.41. The fourth-order valence-corrected chi connectivity index (χ4v) is 4.46. The molecule has 0 saturated carbocycles. The van der Waals surface area contributed by atoms with Gasteiger partial charge in [0.05, 0.1) is 43.1 Å². The van der Waals surface area contributed by atoms with Crippen molar-refractivity contribution >= 4 is 15.7 Å². The largest absolute Gasteiger partial charge is 0.497 e. The summed E-state index contributed by atoms with van der Waals surface area (Å²) >= 11 is 0. The van der Waals surface area contributed by atoms with Crippen LogP contribution in [0.4, 0.5) is 5.69 Å². The van der Waals surface area contributed by atoms with Crippen molar-refractivity contribution in [3.8, 4) is 5.75 Å². The number of rotatable bonds is 10. The topological polar surface area (TPSA) is 92.0 Å². The van der Waals surface area contributed by atoms with Crippen molar-refractivity contribution in [2.45, 2.75) is 24.5 Å². The van der Waals surface area contributed by atoms with Gasteiger partial charge in [-0.05, 0) is 55.5 Å². The first-order valence-corrected chi connectivity index (χ1v) is 11.0. The normalized spacial score (nSPS) is 12.5. The summed E-state index contributed by atoms with van der Waals surface area (Å²) in [6, 6.07) is 17.0. The molecule has 0 fully saturated rings. The van der Waals surface area contributed by atoms with Crippen LogP contribution in [0.2, 0.25) is 0 Å². The number of nitrogens with one attached hydrogen (secondary N) is 1. The van der Waals surface area contributed by atoms with Crippen molar-refractivity contribution in [3.63, 3.8) is 0 Å². The molecule has 2 N–H and O–H groups in total. The number of nitrogens with zero attached hydrogens (tertiary/aromatic N) is 1. The Hall–Kier alpha value is -2.81. The van der Waals surface area contributed by atoms with Crippen LogP contribution in [-0.2, 0) is 16.6 Å².